The Labute approximate surface area is 87.4 Å². The summed E-state index contributed by atoms with van der Waals surface area (Å²) in [7, 11) is 0. The van der Waals surface area contributed by atoms with E-state index in [4.69, 9.17) is 0 Å². The van der Waals surface area contributed by atoms with Gasteiger partial charge in [0, 0.05) is 23.3 Å². The number of carbonyl (C=O) groups is 1. The van der Waals surface area contributed by atoms with Gasteiger partial charge in [-0.3, -0.25) is 4.79 Å². The molecule has 0 aromatic heterocycles. The van der Waals surface area contributed by atoms with Gasteiger partial charge in [0.05, 0.1) is 0 Å². The zero-order valence-electron chi connectivity index (χ0n) is 7.69. The first-order valence-electron chi connectivity index (χ1n) is 4.50. The van der Waals surface area contributed by atoms with E-state index in [1.807, 2.05) is 18.2 Å². The molecule has 3 heteroatoms. The van der Waals surface area contributed by atoms with Crippen molar-refractivity contribution < 1.29 is 4.79 Å². The summed E-state index contributed by atoms with van der Waals surface area (Å²) in [5.41, 5.74) is 1.29. The molecule has 0 fully saturated rings. The highest BCUT2D eigenvalue weighted by atomic mass is 32.2. The Morgan fingerprint density at radius 1 is 1.29 bits per heavy atom. The standard InChI is InChI=1S/C11H11NOS/c13-11-6-10(7-12-11)14-8-9-4-2-1-3-5-9/h1-6H,7-8H2,(H,12,13). The minimum atomic E-state index is 0.0283. The van der Waals surface area contributed by atoms with E-state index in [1.54, 1.807) is 17.8 Å². The van der Waals surface area contributed by atoms with Gasteiger partial charge in [0.2, 0.25) is 5.91 Å². The summed E-state index contributed by atoms with van der Waals surface area (Å²) in [5, 5.41) is 2.75. The summed E-state index contributed by atoms with van der Waals surface area (Å²) in [6.45, 7) is 0.691. The highest BCUT2D eigenvalue weighted by Gasteiger charge is 2.10. The Morgan fingerprint density at radius 2 is 2.07 bits per heavy atom. The number of benzene rings is 1. The van der Waals surface area contributed by atoms with Crippen LogP contribution in [0.3, 0.4) is 0 Å². The zero-order chi connectivity index (χ0) is 9.80. The fourth-order valence-electron chi connectivity index (χ4n) is 1.27. The van der Waals surface area contributed by atoms with Crippen molar-refractivity contribution in [2.45, 2.75) is 5.75 Å². The van der Waals surface area contributed by atoms with E-state index in [2.05, 4.69) is 17.4 Å². The van der Waals surface area contributed by atoms with Crippen molar-refractivity contribution in [1.82, 2.24) is 5.32 Å². The summed E-state index contributed by atoms with van der Waals surface area (Å²) >= 11 is 1.72. The van der Waals surface area contributed by atoms with Crippen molar-refractivity contribution >= 4 is 17.7 Å². The van der Waals surface area contributed by atoms with E-state index in [-0.39, 0.29) is 5.91 Å². The van der Waals surface area contributed by atoms with Crippen molar-refractivity contribution in [3.05, 3.63) is 46.9 Å². The van der Waals surface area contributed by atoms with Crippen LogP contribution in [0.5, 0.6) is 0 Å². The molecule has 1 heterocycles. The van der Waals surface area contributed by atoms with Gasteiger partial charge < -0.3 is 5.32 Å². The number of thioether (sulfide) groups is 1. The molecule has 14 heavy (non-hydrogen) atoms. The van der Waals surface area contributed by atoms with Gasteiger partial charge in [0.25, 0.3) is 0 Å². The summed E-state index contributed by atoms with van der Waals surface area (Å²) in [6, 6.07) is 10.3. The number of rotatable bonds is 3. The highest BCUT2D eigenvalue weighted by molar-refractivity contribution is 8.02. The van der Waals surface area contributed by atoms with Crippen molar-refractivity contribution in [3.8, 4) is 0 Å². The highest BCUT2D eigenvalue weighted by Crippen LogP contribution is 2.22. The van der Waals surface area contributed by atoms with E-state index >= 15 is 0 Å². The molecule has 0 bridgehead atoms. The van der Waals surface area contributed by atoms with Gasteiger partial charge in [-0.25, -0.2) is 0 Å². The summed E-state index contributed by atoms with van der Waals surface area (Å²) < 4.78 is 0. The van der Waals surface area contributed by atoms with Gasteiger partial charge in [0.15, 0.2) is 0 Å². The third kappa shape index (κ3) is 2.39. The number of carbonyl (C=O) groups excluding carboxylic acids is 1. The lowest BCUT2D eigenvalue weighted by Gasteiger charge is -2.00. The minimum Gasteiger partial charge on any atom is -0.348 e. The van der Waals surface area contributed by atoms with Crippen LogP contribution in [-0.2, 0) is 10.5 Å². The molecule has 1 aromatic carbocycles. The van der Waals surface area contributed by atoms with Gasteiger partial charge >= 0.3 is 0 Å². The lowest BCUT2D eigenvalue weighted by atomic mass is 10.2. The molecule has 0 atom stereocenters. The predicted octanol–water partition coefficient (Wildman–Crippen LogP) is 1.93. The summed E-state index contributed by atoms with van der Waals surface area (Å²) in [4.78, 5) is 12.0. The van der Waals surface area contributed by atoms with Crippen LogP contribution in [0.1, 0.15) is 5.56 Å². The maximum absolute atomic E-state index is 10.9. The molecule has 1 amide bonds. The Morgan fingerprint density at radius 3 is 2.71 bits per heavy atom. The van der Waals surface area contributed by atoms with Gasteiger partial charge in [-0.05, 0) is 5.56 Å². The Bertz CT molecular complexity index is 359. The molecule has 0 aliphatic carbocycles. The van der Waals surface area contributed by atoms with Crippen LogP contribution in [0.15, 0.2) is 41.3 Å². The molecule has 0 saturated carbocycles. The van der Waals surface area contributed by atoms with Crippen molar-refractivity contribution in [2.24, 2.45) is 0 Å². The van der Waals surface area contributed by atoms with Crippen LogP contribution >= 0.6 is 11.8 Å². The lowest BCUT2D eigenvalue weighted by molar-refractivity contribution is -0.115. The third-order valence-corrected chi connectivity index (χ3v) is 3.11. The smallest absolute Gasteiger partial charge is 0.245 e. The van der Waals surface area contributed by atoms with Gasteiger partial charge in [0.1, 0.15) is 0 Å². The molecule has 2 rings (SSSR count). The van der Waals surface area contributed by atoms with E-state index < -0.39 is 0 Å². The van der Waals surface area contributed by atoms with Crippen LogP contribution in [0, 0.1) is 0 Å². The molecule has 2 nitrogen and oxygen atoms in total. The Hall–Kier alpha value is -1.22. The second-order valence-electron chi connectivity index (χ2n) is 3.10. The molecular weight excluding hydrogens is 194 g/mol. The zero-order valence-corrected chi connectivity index (χ0v) is 8.51. The molecule has 0 spiro atoms. The normalized spacial score (nSPS) is 15.1. The van der Waals surface area contributed by atoms with E-state index in [1.165, 1.54) is 5.56 Å². The first kappa shape index (κ1) is 9.34. The largest absolute Gasteiger partial charge is 0.348 e. The molecule has 0 radical (unpaired) electrons. The maximum Gasteiger partial charge on any atom is 0.245 e. The molecule has 1 aliphatic rings. The van der Waals surface area contributed by atoms with Gasteiger partial charge in [-0.2, -0.15) is 0 Å². The molecular formula is C11H11NOS. The molecule has 0 unspecified atom stereocenters. The molecule has 1 aromatic rings. The van der Waals surface area contributed by atoms with E-state index in [9.17, 15) is 4.79 Å². The van der Waals surface area contributed by atoms with Crippen LogP contribution in [0.2, 0.25) is 0 Å². The molecule has 1 aliphatic heterocycles. The molecule has 1 N–H and O–H groups in total. The van der Waals surface area contributed by atoms with Crippen molar-refractivity contribution in [2.75, 3.05) is 6.54 Å². The number of hydrogen-bond acceptors (Lipinski definition) is 2. The topological polar surface area (TPSA) is 29.1 Å². The first-order chi connectivity index (χ1) is 6.84. The monoisotopic (exact) mass is 205 g/mol. The molecule has 72 valence electrons. The SMILES string of the molecule is O=C1C=C(SCc2ccccc2)CN1. The van der Waals surface area contributed by atoms with E-state index in [0.717, 1.165) is 10.7 Å². The predicted molar refractivity (Wildman–Crippen MR) is 58.8 cm³/mol. The minimum absolute atomic E-state index is 0.0283. The Kier molecular flexibility index (Phi) is 2.89. The van der Waals surface area contributed by atoms with Crippen LogP contribution in [0.25, 0.3) is 0 Å². The van der Waals surface area contributed by atoms with Crippen molar-refractivity contribution in [3.63, 3.8) is 0 Å². The fourth-order valence-corrected chi connectivity index (χ4v) is 2.17. The first-order valence-corrected chi connectivity index (χ1v) is 5.48. The second-order valence-corrected chi connectivity index (χ2v) is 4.20. The lowest BCUT2D eigenvalue weighted by Crippen LogP contribution is -2.14. The fraction of sp³-hybridized carbons (Fsp3) is 0.182. The summed E-state index contributed by atoms with van der Waals surface area (Å²) in [5.74, 6) is 0.960. The Balaban J connectivity index is 1.89. The van der Waals surface area contributed by atoms with Crippen molar-refractivity contribution in [1.29, 1.82) is 0 Å². The third-order valence-electron chi connectivity index (χ3n) is 2.00. The van der Waals surface area contributed by atoms with Crippen LogP contribution < -0.4 is 5.32 Å². The number of hydrogen-bond donors (Lipinski definition) is 1. The average molecular weight is 205 g/mol. The average Bonchev–Trinajstić information content (AvgIpc) is 2.63. The van der Waals surface area contributed by atoms with Gasteiger partial charge in [-0.1, -0.05) is 30.3 Å². The van der Waals surface area contributed by atoms with E-state index in [0.29, 0.717) is 6.54 Å². The maximum atomic E-state index is 10.9. The quantitative estimate of drug-likeness (QED) is 0.817. The summed E-state index contributed by atoms with van der Waals surface area (Å²) in [6.07, 6.45) is 1.67. The second kappa shape index (κ2) is 4.33. The van der Waals surface area contributed by atoms with Gasteiger partial charge in [-0.15, -0.1) is 11.8 Å². The number of amides is 1. The van der Waals surface area contributed by atoms with Crippen LogP contribution in [0.4, 0.5) is 0 Å². The van der Waals surface area contributed by atoms with Crippen LogP contribution in [-0.4, -0.2) is 12.5 Å². The molecule has 0 saturated heterocycles. The number of nitrogens with one attached hydrogen (secondary N) is 1.